The molecule has 0 aliphatic carbocycles. The molecule has 4 atom stereocenters. The highest BCUT2D eigenvalue weighted by Crippen LogP contribution is 2.39. The first-order valence-electron chi connectivity index (χ1n) is 33.4. The lowest BCUT2D eigenvalue weighted by Gasteiger charge is -2.46. The van der Waals surface area contributed by atoms with Gasteiger partial charge in [0.25, 0.3) is 11.1 Å². The number of aliphatic carboxylic acids is 1. The molecule has 0 spiro atoms. The van der Waals surface area contributed by atoms with Crippen molar-refractivity contribution in [1.29, 1.82) is 0 Å². The molecule has 4 aromatic carbocycles. The molecular weight excluding hydrogens is 1280 g/mol. The van der Waals surface area contributed by atoms with Gasteiger partial charge in [-0.3, -0.25) is 28.8 Å². The zero-order chi connectivity index (χ0) is 72.8. The molecule has 8 rings (SSSR count). The molecule has 14 nitrogen and oxygen atoms in total. The zero-order valence-corrected chi connectivity index (χ0v) is 58.9. The average Bonchev–Trinajstić information content (AvgIpc) is 0.789. The lowest BCUT2D eigenvalue weighted by Crippen LogP contribution is -2.53. The minimum Gasteiger partial charge on any atom is -0.481 e. The first-order valence-corrected chi connectivity index (χ1v) is 33.4. The van der Waals surface area contributed by atoms with Crippen LogP contribution in [0.1, 0.15) is 179 Å². The highest BCUT2D eigenvalue weighted by molar-refractivity contribution is 5.83. The van der Waals surface area contributed by atoms with Crippen LogP contribution in [-0.2, 0) is 49.1 Å². The van der Waals surface area contributed by atoms with Crippen molar-refractivity contribution >= 4 is 23.8 Å². The molecule has 98 heavy (non-hydrogen) atoms. The number of hydrogen-bond donors (Lipinski definition) is 3. The van der Waals surface area contributed by atoms with Crippen LogP contribution in [0, 0.1) is 75.8 Å². The Morgan fingerprint density at radius 1 is 0.551 bits per heavy atom. The van der Waals surface area contributed by atoms with E-state index in [4.69, 9.17) is 4.74 Å². The SMILES string of the molecule is CCOC(=O)C[C@H](NC(=O)C(CC(C)C)n1cc(CCN2CC(C)(C)C2)c(C(F)(F)F)cc1=O)c1cc(-c2c(C)cccc2C)cc(C)c1F.Cc1cc(-c2c(C)cccc2C)cc([C@H](CC(=O)O)NC(=O)C(CC(C)C)n2cc(CCN3CC(C)(C)C3)c(C(F)(F)F)cc2=O)c1F. The first kappa shape index (κ1) is 77.4. The van der Waals surface area contributed by atoms with Gasteiger partial charge >= 0.3 is 24.3 Å². The Hall–Kier alpha value is -7.98. The maximum absolute atomic E-state index is 16.0. The molecule has 0 saturated carbocycles. The van der Waals surface area contributed by atoms with Gasteiger partial charge in [-0.15, -0.1) is 0 Å². The number of nitrogens with zero attached hydrogens (tertiary/aromatic N) is 4. The van der Waals surface area contributed by atoms with E-state index in [0.717, 1.165) is 81.1 Å². The number of nitrogens with one attached hydrogen (secondary N) is 2. The van der Waals surface area contributed by atoms with Crippen LogP contribution in [0.5, 0.6) is 0 Å². The number of carboxylic acids is 1. The van der Waals surface area contributed by atoms with Crippen molar-refractivity contribution in [2.24, 2.45) is 22.7 Å². The lowest BCUT2D eigenvalue weighted by atomic mass is 9.84. The van der Waals surface area contributed by atoms with E-state index in [1.54, 1.807) is 52.8 Å². The number of halogens is 8. The lowest BCUT2D eigenvalue weighted by molar-refractivity contribution is -0.144. The first-order chi connectivity index (χ1) is 45.6. The highest BCUT2D eigenvalue weighted by atomic mass is 19.4. The highest BCUT2D eigenvalue weighted by Gasteiger charge is 2.41. The smallest absolute Gasteiger partial charge is 0.416 e. The van der Waals surface area contributed by atoms with Crippen molar-refractivity contribution in [3.05, 3.63) is 184 Å². The second-order valence-electron chi connectivity index (χ2n) is 29.1. The number of benzene rings is 4. The van der Waals surface area contributed by atoms with Crippen molar-refractivity contribution in [3.8, 4) is 22.3 Å². The van der Waals surface area contributed by atoms with Crippen LogP contribution in [0.3, 0.4) is 0 Å². The van der Waals surface area contributed by atoms with Crippen molar-refractivity contribution in [1.82, 2.24) is 29.6 Å². The average molecular weight is 1370 g/mol. The predicted molar refractivity (Wildman–Crippen MR) is 364 cm³/mol. The minimum atomic E-state index is -4.78. The number of aromatic nitrogens is 2. The van der Waals surface area contributed by atoms with Crippen molar-refractivity contribution < 1.29 is 64.1 Å². The number of likely N-dealkylation sites (tertiary alicyclic amines) is 2. The van der Waals surface area contributed by atoms with Gasteiger partial charge in [-0.25, -0.2) is 8.78 Å². The van der Waals surface area contributed by atoms with Crippen molar-refractivity contribution in [2.75, 3.05) is 45.9 Å². The Kier molecular flexibility index (Phi) is 24.9. The van der Waals surface area contributed by atoms with E-state index in [-0.39, 0.29) is 82.8 Å². The van der Waals surface area contributed by atoms with Crippen LogP contribution in [0.25, 0.3) is 22.3 Å². The summed E-state index contributed by atoms with van der Waals surface area (Å²) in [7, 11) is 0. The number of pyridine rings is 2. The van der Waals surface area contributed by atoms with E-state index in [2.05, 4.69) is 43.2 Å². The van der Waals surface area contributed by atoms with Crippen LogP contribution in [0.15, 0.2) is 94.8 Å². The third kappa shape index (κ3) is 19.5. The summed E-state index contributed by atoms with van der Waals surface area (Å²) in [4.78, 5) is 83.9. The molecule has 2 fully saturated rings. The van der Waals surface area contributed by atoms with E-state index < -0.39 is 107 Å². The maximum Gasteiger partial charge on any atom is 0.416 e. The Bertz CT molecular complexity index is 3980. The molecular formula is C76H94F8N6O8. The van der Waals surface area contributed by atoms with E-state index in [9.17, 15) is 60.2 Å². The predicted octanol–water partition coefficient (Wildman–Crippen LogP) is 15.3. The monoisotopic (exact) mass is 1370 g/mol. The third-order valence-electron chi connectivity index (χ3n) is 18.1. The molecule has 2 aliphatic rings. The summed E-state index contributed by atoms with van der Waals surface area (Å²) >= 11 is 0. The van der Waals surface area contributed by atoms with Gasteiger partial charge in [-0.2, -0.15) is 26.3 Å². The van der Waals surface area contributed by atoms with Gasteiger partial charge in [0.2, 0.25) is 11.8 Å². The largest absolute Gasteiger partial charge is 0.481 e. The molecule has 2 aliphatic heterocycles. The summed E-state index contributed by atoms with van der Waals surface area (Å²) in [5.41, 5.74) is 3.35. The van der Waals surface area contributed by atoms with E-state index in [1.807, 2.05) is 82.8 Å². The molecule has 22 heteroatoms. The number of esters is 1. The van der Waals surface area contributed by atoms with Crippen molar-refractivity contribution in [3.63, 3.8) is 0 Å². The summed E-state index contributed by atoms with van der Waals surface area (Å²) in [5.74, 6) is -5.10. The molecule has 6 aromatic rings. The third-order valence-corrected chi connectivity index (χ3v) is 18.1. The molecule has 4 heterocycles. The molecule has 2 amide bonds. The molecule has 0 bridgehead atoms. The van der Waals surface area contributed by atoms with Gasteiger partial charge in [0.05, 0.1) is 42.7 Å². The summed E-state index contributed by atoms with van der Waals surface area (Å²) in [6.45, 7) is 31.8. The normalized spacial score (nSPS) is 15.9. The second-order valence-corrected chi connectivity index (χ2v) is 29.1. The van der Waals surface area contributed by atoms with Crippen LogP contribution in [0.2, 0.25) is 0 Å². The molecule has 532 valence electrons. The van der Waals surface area contributed by atoms with Crippen molar-refractivity contribution in [2.45, 2.75) is 179 Å². The fraction of sp³-hybridized carbons (Fsp3) is 0.500. The van der Waals surface area contributed by atoms with Gasteiger partial charge in [0, 0.05) is 74.9 Å². The number of aryl methyl sites for hydroxylation is 6. The number of alkyl halides is 6. The second kappa shape index (κ2) is 31.5. The minimum absolute atomic E-state index is 0.0124. The number of hydrogen-bond acceptors (Lipinski definition) is 9. The number of rotatable bonds is 25. The molecule has 2 unspecified atom stereocenters. The number of carbonyl (C=O) groups excluding carboxylic acids is 3. The van der Waals surface area contributed by atoms with E-state index >= 15 is 8.78 Å². The Balaban J connectivity index is 0.000000276. The summed E-state index contributed by atoms with van der Waals surface area (Å²) < 4.78 is 124. The summed E-state index contributed by atoms with van der Waals surface area (Å²) in [5, 5.41) is 15.3. The van der Waals surface area contributed by atoms with E-state index in [0.29, 0.717) is 41.9 Å². The Morgan fingerprint density at radius 3 is 1.20 bits per heavy atom. The number of carboxylic acid groups (broad SMARTS) is 1. The number of carbonyl (C=O) groups is 4. The maximum atomic E-state index is 16.0. The van der Waals surface area contributed by atoms with Gasteiger partial charge in [0.1, 0.15) is 23.7 Å². The van der Waals surface area contributed by atoms with Gasteiger partial charge < -0.3 is 39.4 Å². The van der Waals surface area contributed by atoms with Crippen LogP contribution < -0.4 is 21.8 Å². The van der Waals surface area contributed by atoms with Gasteiger partial charge in [-0.1, -0.05) is 91.8 Å². The van der Waals surface area contributed by atoms with Gasteiger partial charge in [0.15, 0.2) is 0 Å². The van der Waals surface area contributed by atoms with E-state index in [1.165, 1.54) is 6.07 Å². The Labute approximate surface area is 569 Å². The number of amides is 2. The Morgan fingerprint density at radius 2 is 0.898 bits per heavy atom. The van der Waals surface area contributed by atoms with Crippen LogP contribution in [0.4, 0.5) is 35.1 Å². The molecule has 2 saturated heterocycles. The summed E-state index contributed by atoms with van der Waals surface area (Å²) in [6, 6.07) is 14.1. The van der Waals surface area contributed by atoms with Gasteiger partial charge in [-0.05, 0) is 188 Å². The molecule has 3 N–H and O–H groups in total. The number of ether oxygens (including phenoxy) is 1. The quantitative estimate of drug-likeness (QED) is 0.0370. The van der Waals surface area contributed by atoms with Crippen LogP contribution in [-0.4, -0.2) is 93.7 Å². The molecule has 0 radical (unpaired) electrons. The molecule has 2 aromatic heterocycles. The topological polar surface area (TPSA) is 172 Å². The summed E-state index contributed by atoms with van der Waals surface area (Å²) in [6.07, 6.45) is -8.13. The standard InChI is InChI=1S/C39H49F4N3O4.C37H45F4N3O4/c1-9-50-34(48)19-31(29-17-28(16-26(6)36(29)40)35-24(4)11-10-12-25(35)5)44-37(49)32(15-23(2)3)46-20-27(13-14-45-21-38(7,8)22-45)30(18-33(46)47)39(41,42)43;1-21(2)13-30(44-18-25(11-12-43-19-36(6,7)20-43)28(16-31(44)45)37(39,40)41)35(48)42-29(17-32(46)47)27-15-26(14-24(5)34(27)38)33-22(3)9-8-10-23(33)4/h10-12,16-18,20,23,31-32H,9,13-15,19,21-22H2,1-8H3,(H,44,49);8-10,14-16,18,21,29-30H,11-13,17,19-20H2,1-7H3,(H,42,48)(H,46,47)/t31-,32?;29-,30?/m00/s1. The fourth-order valence-electron chi connectivity index (χ4n) is 13.9. The zero-order valence-electron chi connectivity index (χ0n) is 58.9. The fourth-order valence-corrected chi connectivity index (χ4v) is 13.9. The van der Waals surface area contributed by atoms with Crippen LogP contribution >= 0.6 is 0 Å².